The number of carbonyl (C=O) groups excluding carboxylic acids is 1. The largest absolute Gasteiger partial charge is 0.454 e. The van der Waals surface area contributed by atoms with Crippen molar-refractivity contribution in [3.63, 3.8) is 0 Å². The van der Waals surface area contributed by atoms with Crippen molar-refractivity contribution in [2.75, 3.05) is 13.4 Å². The monoisotopic (exact) mass is 420 g/mol. The predicted molar refractivity (Wildman–Crippen MR) is 114 cm³/mol. The van der Waals surface area contributed by atoms with Crippen LogP contribution in [0.4, 0.5) is 0 Å². The van der Waals surface area contributed by atoms with Gasteiger partial charge in [-0.1, -0.05) is 31.8 Å². The average Bonchev–Trinajstić information content (AvgIpc) is 3.17. The molecule has 0 spiro atoms. The molecule has 1 aliphatic heterocycles. The number of amides is 1. The summed E-state index contributed by atoms with van der Waals surface area (Å²) in [6.45, 7) is 6.28. The fourth-order valence-electron chi connectivity index (χ4n) is 3.51. The van der Waals surface area contributed by atoms with Gasteiger partial charge in [0.25, 0.3) is 5.91 Å². The number of hydrogen-bond donors (Lipinski definition) is 3. The molecule has 1 aromatic rings. The molecule has 8 nitrogen and oxygen atoms in total. The molecule has 9 heteroatoms. The standard InChI is InChI=1S/C20H28N4O4S/c1-12-5-4-6-16(13(12)2)21-20(29)23-22-19(25)10-28-24-14(3)15-7-8-17-18(9-15)27-11-26-17/h7-9,12-13,16H,4-6,10-11H2,1-3H3,(H,22,25)(H2,21,23,29)/b24-14-/t12-,13+,16+/m0/s1. The summed E-state index contributed by atoms with van der Waals surface area (Å²) in [7, 11) is 0. The summed E-state index contributed by atoms with van der Waals surface area (Å²) in [5.41, 5.74) is 6.70. The molecule has 3 atom stereocenters. The molecular formula is C20H28N4O4S. The van der Waals surface area contributed by atoms with E-state index in [2.05, 4.69) is 35.2 Å². The lowest BCUT2D eigenvalue weighted by atomic mass is 9.78. The minimum atomic E-state index is -0.374. The Morgan fingerprint density at radius 2 is 2.03 bits per heavy atom. The molecule has 0 bridgehead atoms. The number of hydrazine groups is 1. The number of fused-ring (bicyclic) bond motifs is 1. The van der Waals surface area contributed by atoms with Crippen LogP contribution in [0.2, 0.25) is 0 Å². The Morgan fingerprint density at radius 1 is 1.24 bits per heavy atom. The zero-order chi connectivity index (χ0) is 20.8. The van der Waals surface area contributed by atoms with Gasteiger partial charge in [-0.15, -0.1) is 0 Å². The SMILES string of the molecule is C/C(=N/OCC(=O)NNC(=S)N[C@@H]1CCC[C@H](C)[C@H]1C)c1ccc2c(c1)OCO2. The summed E-state index contributed by atoms with van der Waals surface area (Å²) in [5.74, 6) is 2.20. The van der Waals surface area contributed by atoms with Crippen molar-refractivity contribution in [2.45, 2.75) is 46.1 Å². The first-order chi connectivity index (χ1) is 13.9. The number of oxime groups is 1. The van der Waals surface area contributed by atoms with Crippen LogP contribution in [0.5, 0.6) is 11.5 Å². The molecule has 1 amide bonds. The Kier molecular flexibility index (Phi) is 7.13. The predicted octanol–water partition coefficient (Wildman–Crippen LogP) is 2.48. The third-order valence-corrected chi connectivity index (χ3v) is 5.75. The van der Waals surface area contributed by atoms with Gasteiger partial charge in [0.1, 0.15) is 0 Å². The van der Waals surface area contributed by atoms with Gasteiger partial charge in [0.2, 0.25) is 6.79 Å². The van der Waals surface area contributed by atoms with E-state index in [-0.39, 0.29) is 19.3 Å². The van der Waals surface area contributed by atoms with Gasteiger partial charge >= 0.3 is 0 Å². The molecule has 1 saturated carbocycles. The van der Waals surface area contributed by atoms with Crippen molar-refractivity contribution in [2.24, 2.45) is 17.0 Å². The molecular weight excluding hydrogens is 392 g/mol. The van der Waals surface area contributed by atoms with Crippen LogP contribution in [0.15, 0.2) is 23.4 Å². The van der Waals surface area contributed by atoms with E-state index in [1.807, 2.05) is 18.2 Å². The minimum absolute atomic E-state index is 0.216. The number of thiocarbonyl (C=S) groups is 1. The van der Waals surface area contributed by atoms with E-state index >= 15 is 0 Å². The third kappa shape index (κ3) is 5.72. The van der Waals surface area contributed by atoms with Gasteiger partial charge < -0.3 is 19.6 Å². The van der Waals surface area contributed by atoms with E-state index in [0.717, 1.165) is 12.0 Å². The van der Waals surface area contributed by atoms with E-state index in [4.69, 9.17) is 26.5 Å². The molecule has 0 radical (unpaired) electrons. The zero-order valence-electron chi connectivity index (χ0n) is 17.0. The van der Waals surface area contributed by atoms with Crippen molar-refractivity contribution >= 4 is 28.9 Å². The smallest absolute Gasteiger partial charge is 0.279 e. The van der Waals surface area contributed by atoms with Gasteiger partial charge in [0, 0.05) is 11.6 Å². The second-order valence-corrected chi connectivity index (χ2v) is 7.95. The molecule has 3 N–H and O–H groups in total. The summed E-state index contributed by atoms with van der Waals surface area (Å²) < 4.78 is 10.6. The van der Waals surface area contributed by atoms with Crippen LogP contribution in [0.3, 0.4) is 0 Å². The normalized spacial score (nSPS) is 23.3. The molecule has 1 aromatic carbocycles. The quantitative estimate of drug-likeness (QED) is 0.383. The Bertz CT molecular complexity index is 786. The topological polar surface area (TPSA) is 93.2 Å². The number of ether oxygens (including phenoxy) is 2. The maximum Gasteiger partial charge on any atom is 0.279 e. The fraction of sp³-hybridized carbons (Fsp3) is 0.550. The first-order valence-corrected chi connectivity index (χ1v) is 10.3. The number of rotatable bonds is 5. The molecule has 2 aliphatic rings. The van der Waals surface area contributed by atoms with Crippen molar-refractivity contribution in [3.05, 3.63) is 23.8 Å². The second kappa shape index (κ2) is 9.78. The summed E-state index contributed by atoms with van der Waals surface area (Å²) in [4.78, 5) is 17.1. The van der Waals surface area contributed by atoms with E-state index in [0.29, 0.717) is 40.2 Å². The van der Waals surface area contributed by atoms with Crippen molar-refractivity contribution in [1.29, 1.82) is 0 Å². The molecule has 0 aromatic heterocycles. The van der Waals surface area contributed by atoms with Gasteiger partial charge in [-0.25, -0.2) is 0 Å². The Hall–Kier alpha value is -2.55. The zero-order valence-corrected chi connectivity index (χ0v) is 17.8. The highest BCUT2D eigenvalue weighted by Gasteiger charge is 2.27. The number of carbonyl (C=O) groups is 1. The molecule has 0 unspecified atom stereocenters. The average molecular weight is 421 g/mol. The summed E-state index contributed by atoms with van der Waals surface area (Å²) in [5, 5.41) is 7.67. The van der Waals surface area contributed by atoms with Crippen LogP contribution in [0.1, 0.15) is 45.6 Å². The maximum absolute atomic E-state index is 11.9. The fourth-order valence-corrected chi connectivity index (χ4v) is 3.72. The van der Waals surface area contributed by atoms with E-state index in [9.17, 15) is 4.79 Å². The Labute approximate surface area is 176 Å². The molecule has 0 saturated heterocycles. The summed E-state index contributed by atoms with van der Waals surface area (Å²) in [6.07, 6.45) is 3.52. The minimum Gasteiger partial charge on any atom is -0.454 e. The van der Waals surface area contributed by atoms with E-state index in [1.54, 1.807) is 6.92 Å². The van der Waals surface area contributed by atoms with Gasteiger partial charge in [-0.2, -0.15) is 0 Å². The number of benzene rings is 1. The summed E-state index contributed by atoms with van der Waals surface area (Å²) >= 11 is 5.27. The highest BCUT2D eigenvalue weighted by Crippen LogP contribution is 2.32. The van der Waals surface area contributed by atoms with E-state index < -0.39 is 0 Å². The molecule has 3 rings (SSSR count). The Morgan fingerprint density at radius 3 is 2.86 bits per heavy atom. The van der Waals surface area contributed by atoms with Crippen LogP contribution < -0.4 is 25.6 Å². The molecule has 1 fully saturated rings. The van der Waals surface area contributed by atoms with E-state index in [1.165, 1.54) is 12.8 Å². The molecule has 158 valence electrons. The van der Waals surface area contributed by atoms with Crippen LogP contribution in [-0.2, 0) is 9.63 Å². The summed E-state index contributed by atoms with van der Waals surface area (Å²) in [6, 6.07) is 5.81. The second-order valence-electron chi connectivity index (χ2n) is 7.54. The number of nitrogens with zero attached hydrogens (tertiary/aromatic N) is 1. The first-order valence-electron chi connectivity index (χ1n) is 9.86. The first kappa shape index (κ1) is 21.2. The van der Waals surface area contributed by atoms with Crippen LogP contribution in [0.25, 0.3) is 0 Å². The lowest BCUT2D eigenvalue weighted by Gasteiger charge is -2.35. The van der Waals surface area contributed by atoms with Gasteiger partial charge in [-0.05, 0) is 55.6 Å². The lowest BCUT2D eigenvalue weighted by Crippen LogP contribution is -2.53. The third-order valence-electron chi connectivity index (χ3n) is 5.53. The lowest BCUT2D eigenvalue weighted by molar-refractivity contribution is -0.126. The van der Waals surface area contributed by atoms with Crippen molar-refractivity contribution in [3.8, 4) is 11.5 Å². The van der Waals surface area contributed by atoms with Gasteiger partial charge in [0.05, 0.1) is 5.71 Å². The number of hydrogen-bond acceptors (Lipinski definition) is 6. The van der Waals surface area contributed by atoms with Crippen molar-refractivity contribution < 1.29 is 19.1 Å². The van der Waals surface area contributed by atoms with Crippen LogP contribution in [0, 0.1) is 11.8 Å². The number of nitrogens with one attached hydrogen (secondary N) is 3. The molecule has 29 heavy (non-hydrogen) atoms. The van der Waals surface area contributed by atoms with Crippen LogP contribution >= 0.6 is 12.2 Å². The molecule has 1 aliphatic carbocycles. The van der Waals surface area contributed by atoms with Gasteiger partial charge in [-0.3, -0.25) is 15.6 Å². The highest BCUT2D eigenvalue weighted by atomic mass is 32.1. The maximum atomic E-state index is 11.9. The highest BCUT2D eigenvalue weighted by molar-refractivity contribution is 7.80. The van der Waals surface area contributed by atoms with Gasteiger partial charge in [0.15, 0.2) is 23.2 Å². The van der Waals surface area contributed by atoms with Crippen LogP contribution in [-0.4, -0.2) is 36.2 Å². The Balaban J connectivity index is 1.38. The van der Waals surface area contributed by atoms with Crippen molar-refractivity contribution in [1.82, 2.24) is 16.2 Å². The molecule has 1 heterocycles.